The molecule has 2 rings (SSSR count). The van der Waals surface area contributed by atoms with Crippen LogP contribution in [0.25, 0.3) is 0 Å². The van der Waals surface area contributed by atoms with Gasteiger partial charge in [-0.1, -0.05) is 0 Å². The largest absolute Gasteiger partial charge is 0.380 e. The summed E-state index contributed by atoms with van der Waals surface area (Å²) in [5, 5.41) is 9.14. The van der Waals surface area contributed by atoms with Crippen LogP contribution in [-0.2, 0) is 9.53 Å². The molecule has 3 atom stereocenters. The van der Waals surface area contributed by atoms with Crippen molar-refractivity contribution in [1.29, 1.82) is 0 Å². The standard InChI is InChI=1S/C6H9NO3/c1-7-3-2-10-5(3)4(8)6(7)9/h3-5,8H,2H2,1H3/t3-,4+,5+/m0/s1. The minimum absolute atomic E-state index is 0.127. The van der Waals surface area contributed by atoms with Gasteiger partial charge in [-0.25, -0.2) is 0 Å². The highest BCUT2D eigenvalue weighted by atomic mass is 16.5. The molecule has 1 N–H and O–H groups in total. The molecule has 0 saturated carbocycles. The third-order valence-corrected chi connectivity index (χ3v) is 2.25. The molecule has 2 heterocycles. The van der Waals surface area contributed by atoms with E-state index in [1.165, 1.54) is 0 Å². The van der Waals surface area contributed by atoms with Crippen LogP contribution in [0, 0.1) is 0 Å². The van der Waals surface area contributed by atoms with Gasteiger partial charge in [-0.15, -0.1) is 0 Å². The number of ether oxygens (including phenoxy) is 1. The molecule has 0 bridgehead atoms. The highest BCUT2D eigenvalue weighted by Gasteiger charge is 2.52. The molecule has 2 saturated heterocycles. The number of likely N-dealkylation sites (tertiary alicyclic amines) is 1. The van der Waals surface area contributed by atoms with E-state index in [1.54, 1.807) is 11.9 Å². The number of aliphatic hydroxyl groups excluding tert-OH is 1. The molecular weight excluding hydrogens is 134 g/mol. The van der Waals surface area contributed by atoms with E-state index in [0.717, 1.165) is 0 Å². The lowest BCUT2D eigenvalue weighted by atomic mass is 10.1. The zero-order chi connectivity index (χ0) is 7.30. The summed E-state index contributed by atoms with van der Waals surface area (Å²) in [4.78, 5) is 12.5. The number of hydrogen-bond acceptors (Lipinski definition) is 3. The number of nitrogens with zero attached hydrogens (tertiary/aromatic N) is 1. The highest BCUT2D eigenvalue weighted by molar-refractivity contribution is 5.84. The first-order valence-corrected chi connectivity index (χ1v) is 3.28. The van der Waals surface area contributed by atoms with Crippen LogP contribution in [0.4, 0.5) is 0 Å². The van der Waals surface area contributed by atoms with Crippen molar-refractivity contribution in [1.82, 2.24) is 4.90 Å². The van der Waals surface area contributed by atoms with Gasteiger partial charge in [0.1, 0.15) is 6.10 Å². The summed E-state index contributed by atoms with van der Waals surface area (Å²) in [6.07, 6.45) is -1.17. The van der Waals surface area contributed by atoms with Crippen LogP contribution in [0.2, 0.25) is 0 Å². The zero-order valence-corrected chi connectivity index (χ0v) is 5.65. The second kappa shape index (κ2) is 1.71. The van der Waals surface area contributed by atoms with Crippen LogP contribution in [0.3, 0.4) is 0 Å². The molecule has 0 unspecified atom stereocenters. The molecule has 0 aliphatic carbocycles. The fourth-order valence-electron chi connectivity index (χ4n) is 1.44. The quantitative estimate of drug-likeness (QED) is 0.453. The number of hydrogen-bond donors (Lipinski definition) is 1. The summed E-state index contributed by atoms with van der Waals surface area (Å²) in [6.45, 7) is 0.573. The number of rotatable bonds is 0. The zero-order valence-electron chi connectivity index (χ0n) is 5.65. The van der Waals surface area contributed by atoms with E-state index in [4.69, 9.17) is 9.84 Å². The molecule has 0 spiro atoms. The predicted molar refractivity (Wildman–Crippen MR) is 32.3 cm³/mol. The van der Waals surface area contributed by atoms with Crippen molar-refractivity contribution in [3.8, 4) is 0 Å². The molecule has 56 valence electrons. The number of aliphatic hydroxyl groups is 1. The Morgan fingerprint density at radius 2 is 2.50 bits per heavy atom. The Kier molecular flexibility index (Phi) is 1.04. The Morgan fingerprint density at radius 3 is 2.70 bits per heavy atom. The summed E-state index contributed by atoms with van der Waals surface area (Å²) in [6, 6.07) is 0.127. The average Bonchev–Trinajstić information content (AvgIpc) is 1.92. The summed E-state index contributed by atoms with van der Waals surface area (Å²) in [5.41, 5.74) is 0. The molecule has 0 radical (unpaired) electrons. The summed E-state index contributed by atoms with van der Waals surface area (Å²) >= 11 is 0. The third-order valence-electron chi connectivity index (χ3n) is 2.25. The number of carbonyl (C=O) groups excluding carboxylic acids is 1. The van der Waals surface area contributed by atoms with Crippen LogP contribution >= 0.6 is 0 Å². The van der Waals surface area contributed by atoms with Crippen LogP contribution in [-0.4, -0.2) is 47.8 Å². The monoisotopic (exact) mass is 143 g/mol. The normalized spacial score (nSPS) is 45.2. The predicted octanol–water partition coefficient (Wildman–Crippen LogP) is -1.41. The van der Waals surface area contributed by atoms with Gasteiger partial charge in [-0.2, -0.15) is 0 Å². The van der Waals surface area contributed by atoms with Crippen molar-refractivity contribution >= 4 is 5.91 Å². The Labute approximate surface area is 58.4 Å². The number of fused-ring (bicyclic) bond motifs is 1. The maximum Gasteiger partial charge on any atom is 0.254 e. The fourth-order valence-corrected chi connectivity index (χ4v) is 1.44. The van der Waals surface area contributed by atoms with E-state index < -0.39 is 6.10 Å². The SMILES string of the molecule is CN1C(=O)[C@H](O)[C@@H]2OC[C@@H]21. The fraction of sp³-hybridized carbons (Fsp3) is 0.833. The van der Waals surface area contributed by atoms with Gasteiger partial charge < -0.3 is 14.7 Å². The lowest BCUT2D eigenvalue weighted by molar-refractivity contribution is -0.135. The van der Waals surface area contributed by atoms with Crippen molar-refractivity contribution in [3.05, 3.63) is 0 Å². The first kappa shape index (κ1) is 6.12. The summed E-state index contributed by atoms with van der Waals surface area (Å²) < 4.78 is 5.00. The van der Waals surface area contributed by atoms with Gasteiger partial charge >= 0.3 is 0 Å². The van der Waals surface area contributed by atoms with Crippen LogP contribution in [0.1, 0.15) is 0 Å². The van der Waals surface area contributed by atoms with Crippen molar-refractivity contribution in [2.24, 2.45) is 0 Å². The van der Waals surface area contributed by atoms with E-state index >= 15 is 0 Å². The third kappa shape index (κ3) is 0.507. The van der Waals surface area contributed by atoms with E-state index in [9.17, 15) is 4.79 Å². The molecule has 2 fully saturated rings. The lowest BCUT2D eigenvalue weighted by Crippen LogP contribution is -2.50. The van der Waals surface area contributed by atoms with Crippen molar-refractivity contribution in [2.75, 3.05) is 13.7 Å². The molecule has 2 aliphatic heterocycles. The average molecular weight is 143 g/mol. The first-order valence-electron chi connectivity index (χ1n) is 3.28. The summed E-state index contributed by atoms with van der Waals surface area (Å²) in [5.74, 6) is -0.215. The van der Waals surface area contributed by atoms with E-state index in [2.05, 4.69) is 0 Å². The topological polar surface area (TPSA) is 49.8 Å². The van der Waals surface area contributed by atoms with Crippen molar-refractivity contribution < 1.29 is 14.6 Å². The first-order chi connectivity index (χ1) is 4.72. The second-order valence-corrected chi connectivity index (χ2v) is 2.76. The molecule has 0 aromatic heterocycles. The number of likely N-dealkylation sites (N-methyl/N-ethyl adjacent to an activating group) is 1. The van der Waals surface area contributed by atoms with Crippen molar-refractivity contribution in [3.63, 3.8) is 0 Å². The van der Waals surface area contributed by atoms with Gasteiger partial charge in [-0.05, 0) is 0 Å². The highest BCUT2D eigenvalue weighted by Crippen LogP contribution is 2.28. The van der Waals surface area contributed by atoms with Gasteiger partial charge in [0.15, 0.2) is 6.10 Å². The molecular formula is C6H9NO3. The Bertz CT molecular complexity index is 164. The smallest absolute Gasteiger partial charge is 0.254 e. The van der Waals surface area contributed by atoms with Gasteiger partial charge in [0, 0.05) is 7.05 Å². The Balaban J connectivity index is 2.22. The van der Waals surface area contributed by atoms with Crippen LogP contribution < -0.4 is 0 Å². The van der Waals surface area contributed by atoms with Crippen LogP contribution in [0.5, 0.6) is 0 Å². The molecule has 4 nitrogen and oxygen atoms in total. The number of amides is 1. The van der Waals surface area contributed by atoms with Gasteiger partial charge in [-0.3, -0.25) is 4.79 Å². The molecule has 2 aliphatic rings. The molecule has 0 aromatic carbocycles. The van der Waals surface area contributed by atoms with E-state index in [-0.39, 0.29) is 18.1 Å². The minimum atomic E-state index is -0.913. The van der Waals surface area contributed by atoms with E-state index in [0.29, 0.717) is 6.61 Å². The number of carbonyl (C=O) groups is 1. The van der Waals surface area contributed by atoms with Crippen molar-refractivity contribution in [2.45, 2.75) is 18.2 Å². The molecule has 1 amide bonds. The van der Waals surface area contributed by atoms with Crippen LogP contribution in [0.15, 0.2) is 0 Å². The van der Waals surface area contributed by atoms with Gasteiger partial charge in [0.25, 0.3) is 5.91 Å². The molecule has 0 aromatic rings. The van der Waals surface area contributed by atoms with Gasteiger partial charge in [0.2, 0.25) is 0 Å². The second-order valence-electron chi connectivity index (χ2n) is 2.76. The van der Waals surface area contributed by atoms with E-state index in [1.807, 2.05) is 0 Å². The minimum Gasteiger partial charge on any atom is -0.380 e. The maximum absolute atomic E-state index is 11.0. The summed E-state index contributed by atoms with van der Waals surface area (Å²) in [7, 11) is 1.69. The molecule has 4 heteroatoms. The Hall–Kier alpha value is -0.610. The maximum atomic E-state index is 11.0. The van der Waals surface area contributed by atoms with Gasteiger partial charge in [0.05, 0.1) is 12.6 Å². The Morgan fingerprint density at radius 1 is 1.80 bits per heavy atom. The lowest BCUT2D eigenvalue weighted by Gasteiger charge is -2.33. The molecule has 10 heavy (non-hydrogen) atoms.